The molecule has 0 spiro atoms. The maximum absolute atomic E-state index is 4.77. The first-order valence-electron chi connectivity index (χ1n) is 19.6. The zero-order valence-electron chi connectivity index (χ0n) is 31.1. The van der Waals surface area contributed by atoms with E-state index in [4.69, 9.17) is 4.98 Å². The van der Waals surface area contributed by atoms with Crippen molar-refractivity contribution in [3.63, 3.8) is 0 Å². The van der Waals surface area contributed by atoms with Crippen molar-refractivity contribution in [2.75, 3.05) is 0 Å². The van der Waals surface area contributed by atoms with Crippen LogP contribution in [0, 0.1) is 0 Å². The molecule has 0 saturated heterocycles. The van der Waals surface area contributed by atoms with Crippen LogP contribution in [0.5, 0.6) is 0 Å². The highest BCUT2D eigenvalue weighted by atomic mass is 14.7. The van der Waals surface area contributed by atoms with E-state index in [1.54, 1.807) is 0 Å². The summed E-state index contributed by atoms with van der Waals surface area (Å²) in [5, 5.41) is 7.94. The highest BCUT2D eigenvalue weighted by molar-refractivity contribution is 6.25. The predicted octanol–water partition coefficient (Wildman–Crippen LogP) is 14.0. The Morgan fingerprint density at radius 1 is 0.545 bits per heavy atom. The highest BCUT2D eigenvalue weighted by Crippen LogP contribution is 2.51. The Morgan fingerprint density at radius 2 is 1.20 bits per heavy atom. The fourth-order valence-corrected chi connectivity index (χ4v) is 9.50. The van der Waals surface area contributed by atoms with E-state index in [2.05, 4.69) is 182 Å². The normalized spacial score (nSPS) is 19.4. The van der Waals surface area contributed by atoms with Crippen LogP contribution >= 0.6 is 0 Å². The van der Waals surface area contributed by atoms with Gasteiger partial charge in [0, 0.05) is 35.5 Å². The van der Waals surface area contributed by atoms with E-state index in [1.807, 2.05) is 18.5 Å². The van der Waals surface area contributed by atoms with Crippen molar-refractivity contribution in [1.82, 2.24) is 4.98 Å². The number of rotatable bonds is 6. The van der Waals surface area contributed by atoms with Gasteiger partial charge in [0.05, 0.1) is 5.69 Å². The molecule has 0 amide bonds. The lowest BCUT2D eigenvalue weighted by molar-refractivity contribution is 0.420. The number of benzene rings is 7. The number of nitrogens with zero attached hydrogens (tertiary/aromatic N) is 2. The third-order valence-electron chi connectivity index (χ3n) is 12.2. The lowest BCUT2D eigenvalue weighted by atomic mass is 9.63. The molecule has 3 atom stereocenters. The van der Waals surface area contributed by atoms with Crippen molar-refractivity contribution < 1.29 is 0 Å². The molecule has 0 bridgehead atoms. The number of aromatic nitrogens is 1. The second kappa shape index (κ2) is 13.8. The molecule has 2 aliphatic rings. The van der Waals surface area contributed by atoms with Crippen molar-refractivity contribution in [2.24, 2.45) is 4.99 Å². The molecule has 0 N–H and O–H groups in total. The van der Waals surface area contributed by atoms with E-state index in [0.717, 1.165) is 30.5 Å². The molecule has 0 saturated carbocycles. The van der Waals surface area contributed by atoms with Crippen LogP contribution in [-0.2, 0) is 5.41 Å². The van der Waals surface area contributed by atoms with Gasteiger partial charge in [-0.2, -0.15) is 0 Å². The minimum Gasteiger partial charge on any atom is -0.269 e. The monoisotopic (exact) mass is 706 g/mol. The number of allylic oxidation sites excluding steroid dienone is 3. The quantitative estimate of drug-likeness (QED) is 0.125. The van der Waals surface area contributed by atoms with Gasteiger partial charge in [-0.1, -0.05) is 153 Å². The van der Waals surface area contributed by atoms with Crippen LogP contribution in [0.25, 0.3) is 65.8 Å². The molecule has 10 rings (SSSR count). The molecule has 3 unspecified atom stereocenters. The van der Waals surface area contributed by atoms with Gasteiger partial charge in [-0.15, -0.1) is 0 Å². The minimum absolute atomic E-state index is 0.218. The molecule has 1 aliphatic heterocycles. The van der Waals surface area contributed by atoms with Gasteiger partial charge in [0.1, 0.15) is 0 Å². The Morgan fingerprint density at radius 3 is 1.93 bits per heavy atom. The van der Waals surface area contributed by atoms with Crippen molar-refractivity contribution in [3.05, 3.63) is 199 Å². The Balaban J connectivity index is 1.12. The number of aliphatic imine (C=N–C) groups is 1. The molecule has 1 aliphatic carbocycles. The molecular weight excluding hydrogens is 665 g/mol. The van der Waals surface area contributed by atoms with Crippen molar-refractivity contribution >= 4 is 38.5 Å². The summed E-state index contributed by atoms with van der Waals surface area (Å²) in [7, 11) is 0. The first-order chi connectivity index (χ1) is 27.2. The van der Waals surface area contributed by atoms with Gasteiger partial charge in [-0.05, 0) is 121 Å². The lowest BCUT2D eigenvalue weighted by Gasteiger charge is -2.40. The summed E-state index contributed by atoms with van der Waals surface area (Å²) in [6, 6.07) is 56.3. The van der Waals surface area contributed by atoms with Gasteiger partial charge in [-0.3, -0.25) is 9.98 Å². The van der Waals surface area contributed by atoms with E-state index in [9.17, 15) is 0 Å². The fraction of sp³-hybridized carbons (Fsp3) is 0.132. The predicted molar refractivity (Wildman–Crippen MR) is 233 cm³/mol. The third-order valence-corrected chi connectivity index (χ3v) is 12.2. The minimum atomic E-state index is -0.228. The summed E-state index contributed by atoms with van der Waals surface area (Å²) in [4.78, 5) is 9.29. The van der Waals surface area contributed by atoms with Gasteiger partial charge in [0.15, 0.2) is 0 Å². The Hall–Kier alpha value is -6.38. The average Bonchev–Trinajstić information content (AvgIpc) is 3.27. The van der Waals surface area contributed by atoms with Crippen LogP contribution in [0.2, 0.25) is 0 Å². The van der Waals surface area contributed by atoms with E-state index in [1.165, 1.54) is 71.3 Å². The molecule has 7 aromatic carbocycles. The number of pyridine rings is 1. The van der Waals surface area contributed by atoms with Crippen molar-refractivity contribution in [2.45, 2.75) is 43.4 Å². The fourth-order valence-electron chi connectivity index (χ4n) is 9.50. The zero-order valence-corrected chi connectivity index (χ0v) is 31.1. The van der Waals surface area contributed by atoms with Gasteiger partial charge in [0.2, 0.25) is 0 Å². The molecule has 8 aromatic rings. The highest BCUT2D eigenvalue weighted by Gasteiger charge is 2.38. The largest absolute Gasteiger partial charge is 0.269 e. The van der Waals surface area contributed by atoms with Gasteiger partial charge >= 0.3 is 0 Å². The summed E-state index contributed by atoms with van der Waals surface area (Å²) in [6.45, 7) is 2.47. The van der Waals surface area contributed by atoms with Gasteiger partial charge in [-0.25, -0.2) is 0 Å². The topological polar surface area (TPSA) is 25.2 Å². The second-order valence-electron chi connectivity index (χ2n) is 15.4. The summed E-state index contributed by atoms with van der Waals surface area (Å²) < 4.78 is 0. The third kappa shape index (κ3) is 5.81. The van der Waals surface area contributed by atoms with Crippen LogP contribution in [0.3, 0.4) is 0 Å². The van der Waals surface area contributed by atoms with Crippen LogP contribution in [-0.4, -0.2) is 11.2 Å². The van der Waals surface area contributed by atoms with Crippen LogP contribution < -0.4 is 0 Å². The van der Waals surface area contributed by atoms with E-state index < -0.39 is 0 Å². The van der Waals surface area contributed by atoms with E-state index in [-0.39, 0.29) is 11.3 Å². The first-order valence-corrected chi connectivity index (χ1v) is 19.6. The molecule has 264 valence electrons. The molecule has 0 radical (unpaired) electrons. The van der Waals surface area contributed by atoms with Gasteiger partial charge < -0.3 is 0 Å². The molecular formula is C53H42N2. The second-order valence-corrected chi connectivity index (χ2v) is 15.4. The Labute approximate surface area is 323 Å². The molecule has 0 fully saturated rings. The van der Waals surface area contributed by atoms with Crippen molar-refractivity contribution in [1.29, 1.82) is 0 Å². The standard InChI is InChI=1S/C53H42N2/c1-53(28-12-10-23-50(53)36-26-27-47-45-20-5-4-18-43(45)44-19-6-7-21-46(44)49(47)34-36)51-24-9-8-22-48(51)42-17-3-2-16-41(42)39-31-38(37-15-14-29-54-35-37)32-40(33-39)52-25-11-13-30-55-52/h2-9,11-14,16-22,24-35,37,50H,10,15,23H2,1H3. The maximum Gasteiger partial charge on any atom is 0.0702 e. The summed E-state index contributed by atoms with van der Waals surface area (Å²) >= 11 is 0. The number of fused-ring (bicyclic) bond motifs is 6. The zero-order chi connectivity index (χ0) is 36.8. The summed E-state index contributed by atoms with van der Waals surface area (Å²) in [5.74, 6) is 0.522. The van der Waals surface area contributed by atoms with Crippen LogP contribution in [0.4, 0.5) is 0 Å². The molecule has 55 heavy (non-hydrogen) atoms. The SMILES string of the molecule is CC1(c2ccccc2-c2ccccc2-c2cc(-c3ccccn3)cc(C3C=NC=CC3)c2)C=CCCC1c1ccc2c3ccccc3c3ccccc3c2c1. The Kier molecular flexibility index (Phi) is 8.33. The molecule has 2 heteroatoms. The number of hydrogen-bond donors (Lipinski definition) is 0. The average molecular weight is 707 g/mol. The van der Waals surface area contributed by atoms with Crippen LogP contribution in [0.15, 0.2) is 187 Å². The summed E-state index contributed by atoms with van der Waals surface area (Å²) in [6.07, 6.45) is 16.0. The molecule has 1 aromatic heterocycles. The van der Waals surface area contributed by atoms with Crippen LogP contribution in [0.1, 0.15) is 54.7 Å². The van der Waals surface area contributed by atoms with E-state index >= 15 is 0 Å². The van der Waals surface area contributed by atoms with E-state index in [0.29, 0.717) is 5.92 Å². The number of hydrogen-bond acceptors (Lipinski definition) is 2. The Bertz CT molecular complexity index is 2790. The van der Waals surface area contributed by atoms with Crippen molar-refractivity contribution in [3.8, 4) is 33.5 Å². The first kappa shape index (κ1) is 33.2. The summed E-state index contributed by atoms with van der Waals surface area (Å²) in [5.41, 5.74) is 10.8. The molecule has 2 nitrogen and oxygen atoms in total. The maximum atomic E-state index is 4.77. The van der Waals surface area contributed by atoms with Gasteiger partial charge in [0.25, 0.3) is 0 Å². The lowest BCUT2D eigenvalue weighted by Crippen LogP contribution is -2.31. The smallest absolute Gasteiger partial charge is 0.0702 e. The molecule has 2 heterocycles.